The Hall–Kier alpha value is -2.29. The molecular formula is C17H18O3. The molecule has 0 heterocycles. The first-order valence-electron chi connectivity index (χ1n) is 6.53. The third kappa shape index (κ3) is 2.39. The maximum Gasteiger partial charge on any atom is 0.124 e. The van der Waals surface area contributed by atoms with Gasteiger partial charge >= 0.3 is 0 Å². The predicted molar refractivity (Wildman–Crippen MR) is 77.9 cm³/mol. The summed E-state index contributed by atoms with van der Waals surface area (Å²) in [5, 5.41) is 18.8. The molecule has 3 heteroatoms. The molecule has 3 nitrogen and oxygen atoms in total. The molecule has 0 bridgehead atoms. The largest absolute Gasteiger partial charge is 0.508 e. The van der Waals surface area contributed by atoms with E-state index in [0.29, 0.717) is 0 Å². The summed E-state index contributed by atoms with van der Waals surface area (Å²) in [5.41, 5.74) is 1.38. The third-order valence-corrected chi connectivity index (χ3v) is 4.05. The van der Waals surface area contributed by atoms with Crippen LogP contribution in [0.5, 0.6) is 11.5 Å². The fourth-order valence-corrected chi connectivity index (χ4v) is 2.44. The summed E-state index contributed by atoms with van der Waals surface area (Å²) in [6.07, 6.45) is 0.930. The molecule has 0 saturated carbocycles. The van der Waals surface area contributed by atoms with Crippen LogP contribution in [0.15, 0.2) is 48.5 Å². The number of phenols is 2. The summed E-state index contributed by atoms with van der Waals surface area (Å²) in [6, 6.07) is 13.8. The zero-order chi connectivity index (χ0) is 14.8. The monoisotopic (exact) mass is 270 g/mol. The van der Waals surface area contributed by atoms with Crippen molar-refractivity contribution in [3.8, 4) is 11.5 Å². The third-order valence-electron chi connectivity index (χ3n) is 4.05. The highest BCUT2D eigenvalue weighted by atomic mass is 16.3. The quantitative estimate of drug-likeness (QED) is 0.838. The molecule has 0 spiro atoms. The molecule has 20 heavy (non-hydrogen) atoms. The second-order valence-corrected chi connectivity index (χ2v) is 5.22. The molecule has 2 N–H and O–H groups in total. The second-order valence-electron chi connectivity index (χ2n) is 5.22. The lowest BCUT2D eigenvalue weighted by molar-refractivity contribution is -0.111. The van der Waals surface area contributed by atoms with Crippen LogP contribution >= 0.6 is 0 Å². The average molecular weight is 270 g/mol. The molecule has 1 unspecified atom stereocenters. The van der Waals surface area contributed by atoms with Crippen LogP contribution in [0.3, 0.4) is 0 Å². The molecule has 2 rings (SSSR count). The van der Waals surface area contributed by atoms with E-state index in [1.807, 2.05) is 38.1 Å². The zero-order valence-electron chi connectivity index (χ0n) is 11.6. The summed E-state index contributed by atoms with van der Waals surface area (Å²) in [5.74, 6) is 0.151. The number of hydrogen-bond acceptors (Lipinski definition) is 3. The van der Waals surface area contributed by atoms with Gasteiger partial charge in [-0.25, -0.2) is 0 Å². The minimum atomic E-state index is -0.511. The van der Waals surface area contributed by atoms with E-state index in [1.165, 1.54) is 0 Å². The lowest BCUT2D eigenvalue weighted by Gasteiger charge is -2.34. The van der Waals surface area contributed by atoms with Gasteiger partial charge in [0.25, 0.3) is 0 Å². The van der Waals surface area contributed by atoms with Crippen LogP contribution in [-0.4, -0.2) is 16.5 Å². The van der Waals surface area contributed by atoms with Crippen LogP contribution in [0, 0.1) is 5.92 Å². The van der Waals surface area contributed by atoms with Crippen LogP contribution in [-0.2, 0) is 10.2 Å². The van der Waals surface area contributed by atoms with Crippen LogP contribution in [0.2, 0.25) is 0 Å². The van der Waals surface area contributed by atoms with Gasteiger partial charge in [0.1, 0.15) is 17.8 Å². The second kappa shape index (κ2) is 5.37. The van der Waals surface area contributed by atoms with Crippen LogP contribution < -0.4 is 0 Å². The van der Waals surface area contributed by atoms with Crippen molar-refractivity contribution in [3.63, 3.8) is 0 Å². The Kier molecular flexibility index (Phi) is 3.79. The predicted octanol–water partition coefficient (Wildman–Crippen LogP) is 3.24. The van der Waals surface area contributed by atoms with E-state index < -0.39 is 5.41 Å². The van der Waals surface area contributed by atoms with Gasteiger partial charge in [0, 0.05) is 11.3 Å². The van der Waals surface area contributed by atoms with Crippen molar-refractivity contribution in [1.29, 1.82) is 0 Å². The van der Waals surface area contributed by atoms with Crippen molar-refractivity contribution in [2.45, 2.75) is 19.3 Å². The van der Waals surface area contributed by atoms with Gasteiger partial charge in [0.05, 0.1) is 0 Å². The molecule has 0 aliphatic carbocycles. The van der Waals surface area contributed by atoms with E-state index in [1.54, 1.807) is 24.3 Å². The number of hydrogen-bond donors (Lipinski definition) is 2. The van der Waals surface area contributed by atoms with E-state index in [9.17, 15) is 15.0 Å². The summed E-state index contributed by atoms with van der Waals surface area (Å²) < 4.78 is 0. The number of aldehydes is 1. The van der Waals surface area contributed by atoms with E-state index in [-0.39, 0.29) is 17.4 Å². The van der Waals surface area contributed by atoms with Crippen LogP contribution in [0.25, 0.3) is 0 Å². The number of rotatable bonds is 4. The van der Waals surface area contributed by atoms with Gasteiger partial charge in [-0.1, -0.05) is 38.1 Å². The zero-order valence-corrected chi connectivity index (χ0v) is 11.6. The standard InChI is InChI=1S/C17H18O3/c1-12(11-18)17(2,13-3-7-15(19)8-4-13)14-5-9-16(20)10-6-14/h3-12,19-20H,1-2H3. The molecule has 0 radical (unpaired) electrons. The molecule has 0 saturated heterocycles. The fourth-order valence-electron chi connectivity index (χ4n) is 2.44. The molecule has 2 aromatic rings. The van der Waals surface area contributed by atoms with E-state index in [4.69, 9.17) is 0 Å². The summed E-state index contributed by atoms with van der Waals surface area (Å²) in [7, 11) is 0. The molecule has 0 fully saturated rings. The Morgan fingerprint density at radius 2 is 1.25 bits per heavy atom. The van der Waals surface area contributed by atoms with Gasteiger partial charge in [0.15, 0.2) is 0 Å². The normalized spacial score (nSPS) is 12.9. The lowest BCUT2D eigenvalue weighted by atomic mass is 9.68. The summed E-state index contributed by atoms with van der Waals surface area (Å²) in [6.45, 7) is 3.86. The molecular weight excluding hydrogens is 252 g/mol. The number of carbonyl (C=O) groups excluding carboxylic acids is 1. The first kappa shape index (κ1) is 14.1. The van der Waals surface area contributed by atoms with Crippen molar-refractivity contribution in [3.05, 3.63) is 59.7 Å². The minimum absolute atomic E-state index is 0.195. The number of carbonyl (C=O) groups is 1. The van der Waals surface area contributed by atoms with E-state index >= 15 is 0 Å². The summed E-state index contributed by atoms with van der Waals surface area (Å²) >= 11 is 0. The average Bonchev–Trinajstić information content (AvgIpc) is 2.47. The van der Waals surface area contributed by atoms with Crippen molar-refractivity contribution in [2.75, 3.05) is 0 Å². The fraction of sp³-hybridized carbons (Fsp3) is 0.235. The molecule has 104 valence electrons. The first-order valence-corrected chi connectivity index (χ1v) is 6.53. The van der Waals surface area contributed by atoms with Gasteiger partial charge < -0.3 is 15.0 Å². The molecule has 0 aromatic heterocycles. The van der Waals surface area contributed by atoms with E-state index in [2.05, 4.69) is 0 Å². The van der Waals surface area contributed by atoms with Gasteiger partial charge in [-0.2, -0.15) is 0 Å². The number of benzene rings is 2. The van der Waals surface area contributed by atoms with Crippen LogP contribution in [0.1, 0.15) is 25.0 Å². The highest BCUT2D eigenvalue weighted by Gasteiger charge is 2.34. The minimum Gasteiger partial charge on any atom is -0.508 e. The molecule has 0 aliphatic heterocycles. The van der Waals surface area contributed by atoms with Crippen molar-refractivity contribution < 1.29 is 15.0 Å². The van der Waals surface area contributed by atoms with Gasteiger partial charge in [0.2, 0.25) is 0 Å². The Labute approximate surface area is 118 Å². The van der Waals surface area contributed by atoms with Gasteiger partial charge in [-0.15, -0.1) is 0 Å². The maximum absolute atomic E-state index is 11.3. The Morgan fingerprint density at radius 3 is 1.55 bits per heavy atom. The SMILES string of the molecule is CC(C=O)C(C)(c1ccc(O)cc1)c1ccc(O)cc1. The summed E-state index contributed by atoms with van der Waals surface area (Å²) in [4.78, 5) is 11.3. The van der Waals surface area contributed by atoms with Crippen molar-refractivity contribution in [2.24, 2.45) is 5.92 Å². The highest BCUT2D eigenvalue weighted by Crippen LogP contribution is 2.39. The highest BCUT2D eigenvalue weighted by molar-refractivity contribution is 5.60. The van der Waals surface area contributed by atoms with Crippen LogP contribution in [0.4, 0.5) is 0 Å². The smallest absolute Gasteiger partial charge is 0.124 e. The molecule has 0 aliphatic rings. The topological polar surface area (TPSA) is 57.5 Å². The lowest BCUT2D eigenvalue weighted by Crippen LogP contribution is -2.32. The van der Waals surface area contributed by atoms with Gasteiger partial charge in [-0.05, 0) is 35.4 Å². The number of aromatic hydroxyl groups is 2. The van der Waals surface area contributed by atoms with Crippen molar-refractivity contribution >= 4 is 6.29 Å². The van der Waals surface area contributed by atoms with E-state index in [0.717, 1.165) is 17.4 Å². The number of phenolic OH excluding ortho intramolecular Hbond substituents is 2. The molecule has 2 aromatic carbocycles. The Bertz CT molecular complexity index is 539. The van der Waals surface area contributed by atoms with Crippen molar-refractivity contribution in [1.82, 2.24) is 0 Å². The van der Waals surface area contributed by atoms with Gasteiger partial charge in [-0.3, -0.25) is 0 Å². The first-order chi connectivity index (χ1) is 9.48. The molecule has 0 amide bonds. The Morgan fingerprint density at radius 1 is 0.900 bits per heavy atom. The molecule has 1 atom stereocenters. The Balaban J connectivity index is 2.58. The maximum atomic E-state index is 11.3.